The summed E-state index contributed by atoms with van der Waals surface area (Å²) in [5.41, 5.74) is 1.04. The lowest BCUT2D eigenvalue weighted by Crippen LogP contribution is -2.17. The molecule has 0 fully saturated rings. The Balaban J connectivity index is 1.76. The molecule has 124 valence electrons. The van der Waals surface area contributed by atoms with Crippen LogP contribution in [-0.4, -0.2) is 41.6 Å². The fourth-order valence-electron chi connectivity index (χ4n) is 1.90. The number of amidine groups is 1. The van der Waals surface area contributed by atoms with Gasteiger partial charge in [0.1, 0.15) is 17.8 Å². The van der Waals surface area contributed by atoms with Crippen LogP contribution in [0.15, 0.2) is 34.3 Å². The fraction of sp³-hybridized carbons (Fsp3) is 0.167. The lowest BCUT2D eigenvalue weighted by atomic mass is 10.2. The van der Waals surface area contributed by atoms with Gasteiger partial charge in [-0.2, -0.15) is 0 Å². The molecule has 0 unspecified atom stereocenters. The third-order valence-electron chi connectivity index (χ3n) is 3.03. The highest BCUT2D eigenvalue weighted by Gasteiger charge is 2.18. The second kappa shape index (κ2) is 7.00. The first-order valence-electron chi connectivity index (χ1n) is 6.64. The van der Waals surface area contributed by atoms with Crippen molar-refractivity contribution in [1.29, 1.82) is 0 Å². The summed E-state index contributed by atoms with van der Waals surface area (Å²) in [6, 6.07) is 3.95. The van der Waals surface area contributed by atoms with Crippen LogP contribution in [0.1, 0.15) is 11.4 Å². The average Bonchev–Trinajstić information content (AvgIpc) is 3.25. The van der Waals surface area contributed by atoms with E-state index in [0.29, 0.717) is 24.3 Å². The van der Waals surface area contributed by atoms with Gasteiger partial charge < -0.3 is 10.5 Å². The van der Waals surface area contributed by atoms with Crippen molar-refractivity contribution in [1.82, 2.24) is 30.5 Å². The van der Waals surface area contributed by atoms with Crippen molar-refractivity contribution in [3.8, 4) is 0 Å². The fourth-order valence-corrected chi connectivity index (χ4v) is 2.08. The summed E-state index contributed by atoms with van der Waals surface area (Å²) in [6.07, 6.45) is 1.84. The smallest absolute Gasteiger partial charge is 0.201 e. The highest BCUT2D eigenvalue weighted by Crippen LogP contribution is 2.20. The van der Waals surface area contributed by atoms with Crippen molar-refractivity contribution in [2.24, 2.45) is 5.16 Å². The zero-order chi connectivity index (χ0) is 16.9. The summed E-state index contributed by atoms with van der Waals surface area (Å²) in [7, 11) is 0. The summed E-state index contributed by atoms with van der Waals surface area (Å²) < 4.78 is 19.4. The van der Waals surface area contributed by atoms with E-state index >= 15 is 0 Å². The molecule has 0 saturated carbocycles. The molecule has 0 radical (unpaired) electrons. The molecule has 24 heavy (non-hydrogen) atoms. The van der Waals surface area contributed by atoms with Crippen LogP contribution in [0.2, 0.25) is 5.02 Å². The van der Waals surface area contributed by atoms with E-state index in [2.05, 4.69) is 36.3 Å². The lowest BCUT2D eigenvalue weighted by Gasteiger charge is -2.07. The number of nitrogens with one attached hydrogen (secondary N) is 1. The van der Waals surface area contributed by atoms with Crippen LogP contribution in [0.4, 0.5) is 10.1 Å². The summed E-state index contributed by atoms with van der Waals surface area (Å²) in [4.78, 5) is 0. The molecule has 3 aromatic rings. The van der Waals surface area contributed by atoms with Crippen molar-refractivity contribution in [3.63, 3.8) is 0 Å². The first kappa shape index (κ1) is 15.8. The van der Waals surface area contributed by atoms with E-state index in [0.717, 1.165) is 0 Å². The molecule has 2 heterocycles. The molecule has 0 aliphatic carbocycles. The molecule has 1 aromatic carbocycles. The van der Waals surface area contributed by atoms with E-state index in [-0.39, 0.29) is 16.6 Å². The van der Waals surface area contributed by atoms with E-state index in [9.17, 15) is 9.60 Å². The van der Waals surface area contributed by atoms with Crippen LogP contribution >= 0.6 is 11.6 Å². The zero-order valence-corrected chi connectivity index (χ0v) is 12.7. The first-order chi connectivity index (χ1) is 11.7. The second-order valence-electron chi connectivity index (χ2n) is 4.58. The Morgan fingerprint density at radius 3 is 3.00 bits per heavy atom. The highest BCUT2D eigenvalue weighted by molar-refractivity contribution is 6.31. The molecule has 2 N–H and O–H groups in total. The Labute approximate surface area is 138 Å². The maximum atomic E-state index is 13.2. The Kier molecular flexibility index (Phi) is 4.61. The van der Waals surface area contributed by atoms with E-state index in [1.165, 1.54) is 29.2 Å². The molecule has 0 saturated heterocycles. The number of tetrazole rings is 1. The van der Waals surface area contributed by atoms with Crippen LogP contribution < -0.4 is 5.32 Å². The Bertz CT molecular complexity index is 851. The second-order valence-corrected chi connectivity index (χ2v) is 4.99. The van der Waals surface area contributed by atoms with Gasteiger partial charge in [-0.3, -0.25) is 0 Å². The number of anilines is 1. The molecule has 10 nitrogen and oxygen atoms in total. The summed E-state index contributed by atoms with van der Waals surface area (Å²) in [5.74, 6) is -0.583. The molecule has 3 rings (SSSR count). The third kappa shape index (κ3) is 3.46. The largest absolute Gasteiger partial charge is 0.409 e. The maximum Gasteiger partial charge on any atom is 0.201 e. The van der Waals surface area contributed by atoms with E-state index < -0.39 is 5.82 Å². The molecular weight excluding hydrogens is 343 g/mol. The number of hydrogen-bond acceptors (Lipinski definition) is 8. The van der Waals surface area contributed by atoms with E-state index in [1.54, 1.807) is 0 Å². The van der Waals surface area contributed by atoms with Gasteiger partial charge in [0.05, 0.1) is 11.6 Å². The van der Waals surface area contributed by atoms with Crippen LogP contribution in [0.25, 0.3) is 0 Å². The van der Waals surface area contributed by atoms with Crippen LogP contribution in [0.5, 0.6) is 0 Å². The Morgan fingerprint density at radius 2 is 2.29 bits per heavy atom. The van der Waals surface area contributed by atoms with Crippen LogP contribution in [0.3, 0.4) is 0 Å². The molecule has 0 bridgehead atoms. The monoisotopic (exact) mass is 352 g/mol. The van der Waals surface area contributed by atoms with Gasteiger partial charge in [-0.05, 0) is 33.8 Å². The van der Waals surface area contributed by atoms with Gasteiger partial charge in [0.15, 0.2) is 5.69 Å². The van der Waals surface area contributed by atoms with Gasteiger partial charge in [-0.15, -0.1) is 5.10 Å². The van der Waals surface area contributed by atoms with Gasteiger partial charge in [-0.1, -0.05) is 21.9 Å². The number of benzene rings is 1. The quantitative estimate of drug-likeness (QED) is 0.305. The summed E-state index contributed by atoms with van der Waals surface area (Å²) >= 11 is 5.72. The topological polar surface area (TPSA) is 127 Å². The zero-order valence-electron chi connectivity index (χ0n) is 12.0. The predicted molar refractivity (Wildman–Crippen MR) is 79.2 cm³/mol. The number of aryl methyl sites for hydroxylation is 2. The van der Waals surface area contributed by atoms with Crippen LogP contribution in [0, 0.1) is 5.82 Å². The standard InChI is InChI=1S/C12H10ClFN8O2/c13-8-5-7(1-2-9(8)14)16-12(17-23)11-10(18-24-19-11)3-4-22-6-15-20-21-22/h1-2,5-6,23H,3-4H2,(H,16,17). The van der Waals surface area contributed by atoms with Crippen molar-refractivity contribution >= 4 is 23.1 Å². The average molecular weight is 353 g/mol. The maximum absolute atomic E-state index is 13.2. The molecule has 0 atom stereocenters. The van der Waals surface area contributed by atoms with Gasteiger partial charge in [0.2, 0.25) is 5.84 Å². The van der Waals surface area contributed by atoms with Crippen molar-refractivity contribution in [2.45, 2.75) is 13.0 Å². The van der Waals surface area contributed by atoms with Gasteiger partial charge in [-0.25, -0.2) is 13.7 Å². The SMILES string of the molecule is O/N=C(/Nc1ccc(F)c(Cl)c1)c1nonc1CCn1cnnn1. The number of aromatic nitrogens is 6. The Morgan fingerprint density at radius 1 is 1.42 bits per heavy atom. The van der Waals surface area contributed by atoms with Gasteiger partial charge in [0, 0.05) is 12.1 Å². The molecule has 0 amide bonds. The number of oxime groups is 1. The van der Waals surface area contributed by atoms with E-state index in [1.807, 2.05) is 0 Å². The predicted octanol–water partition coefficient (Wildman–Crippen LogP) is 1.34. The normalized spacial score (nSPS) is 11.7. The minimum atomic E-state index is -0.560. The summed E-state index contributed by atoms with van der Waals surface area (Å²) in [6.45, 7) is 0.426. The van der Waals surface area contributed by atoms with Gasteiger partial charge >= 0.3 is 0 Å². The van der Waals surface area contributed by atoms with Crippen molar-refractivity contribution in [2.75, 3.05) is 5.32 Å². The third-order valence-corrected chi connectivity index (χ3v) is 3.32. The van der Waals surface area contributed by atoms with E-state index in [4.69, 9.17) is 16.2 Å². The first-order valence-corrected chi connectivity index (χ1v) is 7.02. The highest BCUT2D eigenvalue weighted by atomic mass is 35.5. The Hall–Kier alpha value is -3.08. The van der Waals surface area contributed by atoms with Gasteiger partial charge in [0.25, 0.3) is 0 Å². The minimum Gasteiger partial charge on any atom is -0.409 e. The molecule has 0 aliphatic rings. The van der Waals surface area contributed by atoms with Crippen LogP contribution in [-0.2, 0) is 13.0 Å². The molecule has 0 spiro atoms. The molecular formula is C12H10ClFN8O2. The number of halogens is 2. The molecule has 12 heteroatoms. The number of hydrogen-bond donors (Lipinski definition) is 2. The number of rotatable bonds is 5. The van der Waals surface area contributed by atoms with Crippen molar-refractivity contribution < 1.29 is 14.2 Å². The molecule has 0 aliphatic heterocycles. The number of nitrogens with zero attached hydrogens (tertiary/aromatic N) is 7. The lowest BCUT2D eigenvalue weighted by molar-refractivity contribution is 0.300. The summed E-state index contributed by atoms with van der Waals surface area (Å²) in [5, 5.41) is 33.3. The van der Waals surface area contributed by atoms with Crippen molar-refractivity contribution in [3.05, 3.63) is 46.8 Å². The molecule has 2 aromatic heterocycles. The minimum absolute atomic E-state index is 0.0226.